The molecule has 0 unspecified atom stereocenters. The van der Waals surface area contributed by atoms with E-state index in [1.54, 1.807) is 24.3 Å². The molecule has 0 aliphatic carbocycles. The number of hydrogen-bond donors (Lipinski definition) is 2. The normalized spacial score (nSPS) is 16.1. The molecule has 3 heterocycles. The molecule has 1 atom stereocenters. The number of nitrogens with zero attached hydrogens (tertiary/aromatic N) is 4. The van der Waals surface area contributed by atoms with Crippen LogP contribution in [0.4, 0.5) is 19.1 Å². The van der Waals surface area contributed by atoms with Gasteiger partial charge >= 0.3 is 6.18 Å². The van der Waals surface area contributed by atoms with Crippen molar-refractivity contribution < 1.29 is 22.7 Å². The van der Waals surface area contributed by atoms with E-state index in [0.29, 0.717) is 30.5 Å². The fraction of sp³-hybridized carbons (Fsp3) is 0.211. The summed E-state index contributed by atoms with van der Waals surface area (Å²) >= 11 is 5.99. The van der Waals surface area contributed by atoms with Gasteiger partial charge in [0.05, 0.1) is 5.56 Å². The van der Waals surface area contributed by atoms with Gasteiger partial charge in [-0.2, -0.15) is 28.1 Å². The van der Waals surface area contributed by atoms with Gasteiger partial charge in [-0.05, 0) is 48.4 Å². The van der Waals surface area contributed by atoms with Crippen molar-refractivity contribution in [1.29, 1.82) is 0 Å². The van der Waals surface area contributed by atoms with Gasteiger partial charge in [-0.25, -0.2) is 4.98 Å². The van der Waals surface area contributed by atoms with E-state index in [1.807, 2.05) is 0 Å². The smallest absolute Gasteiger partial charge is 0.417 e. The number of carbonyl (C=O) groups is 1. The molecule has 3 aromatic rings. The Balaban J connectivity index is 1.48. The summed E-state index contributed by atoms with van der Waals surface area (Å²) in [6.07, 6.45) is -3.16. The van der Waals surface area contributed by atoms with Gasteiger partial charge in [0.1, 0.15) is 11.8 Å². The Hall–Kier alpha value is -3.47. The molecule has 1 fully saturated rings. The lowest BCUT2D eigenvalue weighted by Gasteiger charge is -2.11. The maximum Gasteiger partial charge on any atom is 0.417 e. The highest BCUT2D eigenvalue weighted by Crippen LogP contribution is 2.30. The molecular formula is C19H14ClF3N6O2. The summed E-state index contributed by atoms with van der Waals surface area (Å²) in [4.78, 5) is 27.8. The largest absolute Gasteiger partial charge is 0.439 e. The fourth-order valence-electron chi connectivity index (χ4n) is 2.83. The third kappa shape index (κ3) is 5.00. The molecule has 0 radical (unpaired) electrons. The minimum absolute atomic E-state index is 0.0188. The summed E-state index contributed by atoms with van der Waals surface area (Å²) in [6, 6.07) is 8.06. The van der Waals surface area contributed by atoms with Crippen molar-refractivity contribution in [2.45, 2.75) is 18.6 Å². The van der Waals surface area contributed by atoms with Gasteiger partial charge in [0.25, 0.3) is 0 Å². The summed E-state index contributed by atoms with van der Waals surface area (Å²) in [7, 11) is 0. The second kappa shape index (κ2) is 8.34. The van der Waals surface area contributed by atoms with E-state index < -0.39 is 17.8 Å². The Morgan fingerprint density at radius 2 is 1.87 bits per heavy atom. The van der Waals surface area contributed by atoms with Crippen LogP contribution >= 0.6 is 11.6 Å². The number of nitrogens with one attached hydrogen (secondary N) is 2. The number of hydrogen-bond acceptors (Lipinski definition) is 7. The second-order valence-corrected chi connectivity index (χ2v) is 6.88. The first-order chi connectivity index (χ1) is 14.8. The van der Waals surface area contributed by atoms with E-state index in [0.717, 1.165) is 12.1 Å². The molecule has 8 nitrogen and oxygen atoms in total. The SMILES string of the molecule is O=C1NCC[C@@H]1Nc1nc(Cl)nc(-c2ccc(Oc3ccc(C(F)(F)F)cn3)cc2)n1. The number of rotatable bonds is 5. The number of halogens is 4. The highest BCUT2D eigenvalue weighted by Gasteiger charge is 2.30. The number of aromatic nitrogens is 4. The van der Waals surface area contributed by atoms with Gasteiger partial charge in [-0.15, -0.1) is 0 Å². The second-order valence-electron chi connectivity index (χ2n) is 6.54. The van der Waals surface area contributed by atoms with Crippen molar-refractivity contribution >= 4 is 23.5 Å². The molecular weight excluding hydrogens is 437 g/mol. The van der Waals surface area contributed by atoms with Crippen molar-refractivity contribution in [3.8, 4) is 23.0 Å². The fourth-order valence-corrected chi connectivity index (χ4v) is 2.99. The van der Waals surface area contributed by atoms with Gasteiger partial charge < -0.3 is 15.4 Å². The molecule has 1 saturated heterocycles. The van der Waals surface area contributed by atoms with Crippen LogP contribution in [0.2, 0.25) is 5.28 Å². The van der Waals surface area contributed by atoms with Crippen LogP contribution < -0.4 is 15.4 Å². The van der Waals surface area contributed by atoms with Crippen LogP contribution in [0, 0.1) is 0 Å². The van der Waals surface area contributed by atoms with E-state index in [4.69, 9.17) is 16.3 Å². The summed E-state index contributed by atoms with van der Waals surface area (Å²) in [5.41, 5.74) is -0.266. The van der Waals surface area contributed by atoms with E-state index in [-0.39, 0.29) is 28.8 Å². The molecule has 1 amide bonds. The number of alkyl halides is 3. The topological polar surface area (TPSA) is 102 Å². The molecule has 12 heteroatoms. The number of ether oxygens (including phenoxy) is 1. The van der Waals surface area contributed by atoms with Gasteiger partial charge in [0.2, 0.25) is 23.0 Å². The number of amides is 1. The van der Waals surface area contributed by atoms with Crippen molar-refractivity contribution in [1.82, 2.24) is 25.3 Å². The third-order valence-electron chi connectivity index (χ3n) is 4.36. The van der Waals surface area contributed by atoms with E-state index >= 15 is 0 Å². The highest BCUT2D eigenvalue weighted by atomic mass is 35.5. The number of anilines is 1. The zero-order chi connectivity index (χ0) is 22.0. The van der Waals surface area contributed by atoms with Crippen LogP contribution in [0.15, 0.2) is 42.6 Å². The molecule has 31 heavy (non-hydrogen) atoms. The molecule has 0 bridgehead atoms. The predicted molar refractivity (Wildman–Crippen MR) is 105 cm³/mol. The Bertz CT molecular complexity index is 1090. The molecule has 0 spiro atoms. The molecule has 0 saturated carbocycles. The van der Waals surface area contributed by atoms with Crippen molar-refractivity contribution in [3.63, 3.8) is 0 Å². The minimum Gasteiger partial charge on any atom is -0.439 e. The molecule has 1 aromatic carbocycles. The molecule has 1 aliphatic rings. The number of carbonyl (C=O) groups excluding carboxylic acids is 1. The quantitative estimate of drug-likeness (QED) is 0.611. The molecule has 4 rings (SSSR count). The zero-order valence-corrected chi connectivity index (χ0v) is 16.4. The Kier molecular flexibility index (Phi) is 5.59. The third-order valence-corrected chi connectivity index (χ3v) is 4.53. The Morgan fingerprint density at radius 1 is 1.10 bits per heavy atom. The van der Waals surface area contributed by atoms with E-state index in [1.165, 1.54) is 0 Å². The average molecular weight is 451 g/mol. The van der Waals surface area contributed by atoms with E-state index in [2.05, 4.69) is 30.6 Å². The Morgan fingerprint density at radius 3 is 2.48 bits per heavy atom. The standard InChI is InChI=1S/C19H14ClF3N6O2/c20-17-27-15(28-18(29-17)26-13-7-8-24-16(13)30)10-1-4-12(5-2-10)31-14-6-3-11(9-25-14)19(21,22)23/h1-6,9,13H,7-8H2,(H,24,30)(H,26,27,28,29)/t13-/m0/s1. The highest BCUT2D eigenvalue weighted by molar-refractivity contribution is 6.28. The molecule has 2 N–H and O–H groups in total. The summed E-state index contributed by atoms with van der Waals surface area (Å²) in [6.45, 7) is 0.567. The zero-order valence-electron chi connectivity index (χ0n) is 15.7. The lowest BCUT2D eigenvalue weighted by molar-refractivity contribution is -0.137. The summed E-state index contributed by atoms with van der Waals surface area (Å²) < 4.78 is 43.3. The summed E-state index contributed by atoms with van der Waals surface area (Å²) in [5, 5.41) is 5.59. The monoisotopic (exact) mass is 450 g/mol. The van der Waals surface area contributed by atoms with Crippen LogP contribution in [0.5, 0.6) is 11.6 Å². The van der Waals surface area contributed by atoms with Gasteiger partial charge in [-0.3, -0.25) is 4.79 Å². The lowest BCUT2D eigenvalue weighted by atomic mass is 10.2. The first kappa shape index (κ1) is 20.8. The van der Waals surface area contributed by atoms with Crippen molar-refractivity contribution in [2.24, 2.45) is 0 Å². The molecule has 160 valence electrons. The number of benzene rings is 1. The molecule has 2 aromatic heterocycles. The van der Waals surface area contributed by atoms with Crippen LogP contribution in [-0.4, -0.2) is 38.4 Å². The predicted octanol–water partition coefficient (Wildman–Crippen LogP) is 3.70. The van der Waals surface area contributed by atoms with Crippen LogP contribution in [0.1, 0.15) is 12.0 Å². The molecule has 1 aliphatic heterocycles. The summed E-state index contributed by atoms with van der Waals surface area (Å²) in [5.74, 6) is 0.685. The van der Waals surface area contributed by atoms with Gasteiger partial charge in [0.15, 0.2) is 5.82 Å². The van der Waals surface area contributed by atoms with E-state index in [9.17, 15) is 18.0 Å². The van der Waals surface area contributed by atoms with Gasteiger partial charge in [0, 0.05) is 24.4 Å². The first-order valence-corrected chi connectivity index (χ1v) is 9.43. The average Bonchev–Trinajstić information content (AvgIpc) is 3.12. The van der Waals surface area contributed by atoms with Crippen LogP contribution in [0.3, 0.4) is 0 Å². The van der Waals surface area contributed by atoms with Crippen LogP contribution in [0.25, 0.3) is 11.4 Å². The van der Waals surface area contributed by atoms with Crippen LogP contribution in [-0.2, 0) is 11.0 Å². The Labute approximate surface area is 178 Å². The minimum atomic E-state index is -4.46. The van der Waals surface area contributed by atoms with Crippen molar-refractivity contribution in [3.05, 3.63) is 53.4 Å². The van der Waals surface area contributed by atoms with Crippen molar-refractivity contribution in [2.75, 3.05) is 11.9 Å². The number of pyridine rings is 1. The lowest BCUT2D eigenvalue weighted by Crippen LogP contribution is -2.30. The maximum absolute atomic E-state index is 12.6. The maximum atomic E-state index is 12.6. The first-order valence-electron chi connectivity index (χ1n) is 9.05. The van der Waals surface area contributed by atoms with Gasteiger partial charge in [-0.1, -0.05) is 0 Å².